The van der Waals surface area contributed by atoms with Crippen LogP contribution in [0.5, 0.6) is 0 Å². The van der Waals surface area contributed by atoms with Gasteiger partial charge in [-0.3, -0.25) is 4.79 Å². The topological polar surface area (TPSA) is 85.8 Å². The fourth-order valence-corrected chi connectivity index (χ4v) is 4.04. The van der Waals surface area contributed by atoms with Gasteiger partial charge in [0.15, 0.2) is 5.78 Å². The highest BCUT2D eigenvalue weighted by Gasteiger charge is 2.37. The number of fused-ring (bicyclic) bond motifs is 1. The summed E-state index contributed by atoms with van der Waals surface area (Å²) in [5.41, 5.74) is 7.45. The molecule has 0 radical (unpaired) electrons. The number of rotatable bonds is 1. The Bertz CT molecular complexity index is 746. The van der Waals surface area contributed by atoms with Crippen LogP contribution in [0.15, 0.2) is 28.8 Å². The maximum absolute atomic E-state index is 12.6. The normalized spacial score (nSPS) is 24.5. The third-order valence-electron chi connectivity index (χ3n) is 4.15. The molecule has 1 aliphatic carbocycles. The van der Waals surface area contributed by atoms with Crippen molar-refractivity contribution in [3.63, 3.8) is 0 Å². The number of carbonyl (C=O) groups excluding carboxylic acids is 1. The largest absolute Gasteiger partial charge is 0.366 e. The van der Waals surface area contributed by atoms with Gasteiger partial charge in [-0.2, -0.15) is 4.98 Å². The molecule has 21 heavy (non-hydrogen) atoms. The third kappa shape index (κ3) is 1.88. The summed E-state index contributed by atoms with van der Waals surface area (Å²) in [4.78, 5) is 18.0. The second kappa shape index (κ2) is 4.42. The minimum absolute atomic E-state index is 0.113. The van der Waals surface area contributed by atoms with Gasteiger partial charge in [0.25, 0.3) is 0 Å². The number of nitrogen functional groups attached to an aromatic ring is 1. The number of nitrogens with zero attached hydrogens (tertiary/aromatic N) is 3. The molecule has 7 heteroatoms. The predicted octanol–water partition coefficient (Wildman–Crippen LogP) is 2.31. The molecule has 6 nitrogen and oxygen atoms in total. The highest BCUT2D eigenvalue weighted by Crippen LogP contribution is 2.42. The third-order valence-corrected chi connectivity index (χ3v) is 5.18. The molecule has 0 saturated carbocycles. The first-order valence-electron chi connectivity index (χ1n) is 6.92. The Morgan fingerprint density at radius 1 is 1.48 bits per heavy atom. The first-order valence-corrected chi connectivity index (χ1v) is 7.80. The lowest BCUT2D eigenvalue weighted by Gasteiger charge is -2.32. The summed E-state index contributed by atoms with van der Waals surface area (Å²) in [7, 11) is 0. The van der Waals surface area contributed by atoms with Crippen molar-refractivity contribution in [3.05, 3.63) is 33.7 Å². The lowest BCUT2D eigenvalue weighted by molar-refractivity contribution is -0.116. The highest BCUT2D eigenvalue weighted by atomic mass is 32.1. The summed E-state index contributed by atoms with van der Waals surface area (Å²) < 4.78 is 1.69. The molecular formula is C14H15N5OS. The molecular weight excluding hydrogens is 286 g/mol. The van der Waals surface area contributed by atoms with E-state index in [-0.39, 0.29) is 23.7 Å². The van der Waals surface area contributed by atoms with E-state index in [0.717, 1.165) is 17.7 Å². The van der Waals surface area contributed by atoms with Crippen LogP contribution in [0.25, 0.3) is 0 Å². The van der Waals surface area contributed by atoms with Crippen LogP contribution in [-0.2, 0) is 4.79 Å². The van der Waals surface area contributed by atoms with Gasteiger partial charge >= 0.3 is 0 Å². The molecule has 0 fully saturated rings. The van der Waals surface area contributed by atoms with Gasteiger partial charge in [0, 0.05) is 28.5 Å². The standard InChI is InChI=1S/C14H15N5OS/c1-7-12-9(16-14-17-13(15)18-19(7)14)5-8(6-10(12)20)11-3-2-4-21-11/h2-4,7-8H,5-6H2,1H3,(H3,15,16,17,18). The molecule has 0 amide bonds. The van der Waals surface area contributed by atoms with Gasteiger partial charge in [-0.05, 0) is 24.8 Å². The van der Waals surface area contributed by atoms with E-state index in [9.17, 15) is 4.79 Å². The molecule has 2 aromatic heterocycles. The van der Waals surface area contributed by atoms with Crippen molar-refractivity contribution < 1.29 is 4.79 Å². The van der Waals surface area contributed by atoms with Gasteiger partial charge in [-0.15, -0.1) is 16.4 Å². The van der Waals surface area contributed by atoms with Crippen LogP contribution in [0.1, 0.15) is 36.6 Å². The molecule has 2 unspecified atom stereocenters. The maximum Gasteiger partial charge on any atom is 0.241 e. The Kier molecular flexibility index (Phi) is 2.65. The molecule has 1 aliphatic heterocycles. The van der Waals surface area contributed by atoms with E-state index in [0.29, 0.717) is 12.4 Å². The minimum atomic E-state index is -0.113. The van der Waals surface area contributed by atoms with Crippen LogP contribution in [0.4, 0.5) is 11.9 Å². The zero-order valence-corrected chi connectivity index (χ0v) is 12.4. The number of nitrogens with one attached hydrogen (secondary N) is 1. The summed E-state index contributed by atoms with van der Waals surface area (Å²) >= 11 is 1.71. The number of Topliss-reactive ketones (excluding diaryl/α,β-unsaturated/α-hetero) is 1. The van der Waals surface area contributed by atoms with Crippen molar-refractivity contribution in [1.29, 1.82) is 0 Å². The molecule has 2 aromatic rings. The van der Waals surface area contributed by atoms with Crippen molar-refractivity contribution in [2.75, 3.05) is 11.1 Å². The van der Waals surface area contributed by atoms with Crippen molar-refractivity contribution in [1.82, 2.24) is 14.8 Å². The maximum atomic E-state index is 12.6. The van der Waals surface area contributed by atoms with E-state index in [2.05, 4.69) is 26.8 Å². The first kappa shape index (κ1) is 12.6. The van der Waals surface area contributed by atoms with E-state index in [4.69, 9.17) is 5.73 Å². The van der Waals surface area contributed by atoms with E-state index < -0.39 is 0 Å². The van der Waals surface area contributed by atoms with Crippen LogP contribution in [-0.4, -0.2) is 20.5 Å². The van der Waals surface area contributed by atoms with Crippen LogP contribution in [0.3, 0.4) is 0 Å². The van der Waals surface area contributed by atoms with Crippen molar-refractivity contribution >= 4 is 29.0 Å². The smallest absolute Gasteiger partial charge is 0.241 e. The van der Waals surface area contributed by atoms with E-state index >= 15 is 0 Å². The quantitative estimate of drug-likeness (QED) is 0.844. The lowest BCUT2D eigenvalue weighted by atomic mass is 9.82. The molecule has 0 spiro atoms. The monoisotopic (exact) mass is 301 g/mol. The second-order valence-electron chi connectivity index (χ2n) is 5.48. The van der Waals surface area contributed by atoms with Crippen LogP contribution in [0.2, 0.25) is 0 Å². The summed E-state index contributed by atoms with van der Waals surface area (Å²) in [5.74, 6) is 1.29. The molecule has 0 aromatic carbocycles. The number of hydrogen-bond donors (Lipinski definition) is 2. The molecule has 2 atom stereocenters. The fraction of sp³-hybridized carbons (Fsp3) is 0.357. The Labute approximate surface area is 125 Å². The summed E-state index contributed by atoms with van der Waals surface area (Å²) in [6.45, 7) is 1.97. The van der Waals surface area contributed by atoms with E-state index in [1.54, 1.807) is 16.0 Å². The number of aromatic nitrogens is 3. The number of anilines is 2. The number of allylic oxidation sites excluding steroid dienone is 2. The Balaban J connectivity index is 1.73. The summed E-state index contributed by atoms with van der Waals surface area (Å²) in [6.07, 6.45) is 1.39. The van der Waals surface area contributed by atoms with Gasteiger partial charge in [-0.1, -0.05) is 6.07 Å². The van der Waals surface area contributed by atoms with Crippen molar-refractivity contribution in [2.45, 2.75) is 31.7 Å². The second-order valence-corrected chi connectivity index (χ2v) is 6.45. The first-order chi connectivity index (χ1) is 10.1. The van der Waals surface area contributed by atoms with Gasteiger partial charge in [0.1, 0.15) is 0 Å². The Hall–Kier alpha value is -2.15. The highest BCUT2D eigenvalue weighted by molar-refractivity contribution is 7.10. The van der Waals surface area contributed by atoms with Gasteiger partial charge in [-0.25, -0.2) is 4.68 Å². The van der Waals surface area contributed by atoms with Gasteiger partial charge in [0.05, 0.1) is 6.04 Å². The molecule has 2 aliphatic rings. The number of carbonyl (C=O) groups is 1. The Morgan fingerprint density at radius 2 is 2.33 bits per heavy atom. The summed E-state index contributed by atoms with van der Waals surface area (Å²) in [5, 5.41) is 9.46. The zero-order chi connectivity index (χ0) is 14.6. The van der Waals surface area contributed by atoms with Crippen molar-refractivity contribution in [2.24, 2.45) is 0 Å². The molecule has 108 valence electrons. The number of thiophene rings is 1. The molecule has 0 saturated heterocycles. The van der Waals surface area contributed by atoms with Crippen LogP contribution < -0.4 is 11.1 Å². The SMILES string of the molecule is CC1C2=C(CC(c3cccs3)CC2=O)Nc2nc(N)nn21. The number of nitrogens with two attached hydrogens (primary N) is 1. The Morgan fingerprint density at radius 3 is 3.10 bits per heavy atom. The van der Waals surface area contributed by atoms with Crippen LogP contribution >= 0.6 is 11.3 Å². The van der Waals surface area contributed by atoms with Gasteiger partial charge in [0.2, 0.25) is 11.9 Å². The van der Waals surface area contributed by atoms with E-state index in [1.165, 1.54) is 4.88 Å². The number of hydrogen-bond acceptors (Lipinski definition) is 6. The van der Waals surface area contributed by atoms with E-state index in [1.807, 2.05) is 13.0 Å². The zero-order valence-electron chi connectivity index (χ0n) is 11.5. The average Bonchev–Trinajstić information content (AvgIpc) is 3.06. The molecule has 4 rings (SSSR count). The number of ketones is 1. The molecule has 0 bridgehead atoms. The van der Waals surface area contributed by atoms with Crippen LogP contribution in [0, 0.1) is 0 Å². The van der Waals surface area contributed by atoms with Gasteiger partial charge < -0.3 is 11.1 Å². The lowest BCUT2D eigenvalue weighted by Crippen LogP contribution is -2.31. The molecule has 3 N–H and O–H groups in total. The molecule has 3 heterocycles. The predicted molar refractivity (Wildman–Crippen MR) is 81.1 cm³/mol. The minimum Gasteiger partial charge on any atom is -0.366 e. The van der Waals surface area contributed by atoms with Crippen molar-refractivity contribution in [3.8, 4) is 0 Å². The average molecular weight is 301 g/mol. The fourth-order valence-electron chi connectivity index (χ4n) is 3.21. The summed E-state index contributed by atoms with van der Waals surface area (Å²) in [6, 6.07) is 4.02.